The maximum absolute atomic E-state index is 11.3. The number of carbonyl (C=O) groups excluding carboxylic acids is 1. The van der Waals surface area contributed by atoms with Gasteiger partial charge in [-0.05, 0) is 31.5 Å². The number of pyridine rings is 1. The molecule has 0 spiro atoms. The second-order valence-electron chi connectivity index (χ2n) is 4.21. The van der Waals surface area contributed by atoms with Crippen molar-refractivity contribution in [1.29, 1.82) is 0 Å². The molecule has 0 saturated carbocycles. The predicted octanol–water partition coefficient (Wildman–Crippen LogP) is 1.45. The molecule has 3 N–H and O–H groups in total. The minimum atomic E-state index is -0.491. The summed E-state index contributed by atoms with van der Waals surface area (Å²) in [6.07, 6.45) is 3.85. The highest BCUT2D eigenvalue weighted by atomic mass is 35.5. The molecule has 0 saturated heterocycles. The third-order valence-corrected chi connectivity index (χ3v) is 2.52. The van der Waals surface area contributed by atoms with Crippen molar-refractivity contribution in [3.05, 3.63) is 35.8 Å². The highest BCUT2D eigenvalue weighted by Gasteiger charge is 2.08. The fourth-order valence-corrected chi connectivity index (χ4v) is 1.56. The summed E-state index contributed by atoms with van der Waals surface area (Å²) in [7, 11) is 0. The summed E-state index contributed by atoms with van der Waals surface area (Å²) in [4.78, 5) is 15.7. The van der Waals surface area contributed by atoms with Gasteiger partial charge < -0.3 is 15.5 Å². The van der Waals surface area contributed by atoms with Gasteiger partial charge in [-0.3, -0.25) is 4.79 Å². The van der Waals surface area contributed by atoms with Gasteiger partial charge in [-0.25, -0.2) is 4.98 Å². The molecule has 0 radical (unpaired) electrons. The van der Waals surface area contributed by atoms with E-state index in [4.69, 9.17) is 5.73 Å². The number of rotatable bonds is 3. The molecule has 5 nitrogen and oxygen atoms in total. The summed E-state index contributed by atoms with van der Waals surface area (Å²) < 4.78 is 1.93. The van der Waals surface area contributed by atoms with E-state index in [1.54, 1.807) is 6.92 Å². The Morgan fingerprint density at radius 1 is 1.53 bits per heavy atom. The average Bonchev–Trinajstić information content (AvgIpc) is 2.67. The third kappa shape index (κ3) is 4.38. The number of halogens is 2. The van der Waals surface area contributed by atoms with E-state index in [2.05, 4.69) is 10.3 Å². The zero-order valence-electron chi connectivity index (χ0n) is 10.8. The Morgan fingerprint density at radius 2 is 2.21 bits per heavy atom. The van der Waals surface area contributed by atoms with Gasteiger partial charge in [0.25, 0.3) is 0 Å². The molecule has 0 fully saturated rings. The second kappa shape index (κ2) is 7.33. The Balaban J connectivity index is 0.00000162. The molecule has 0 aliphatic carbocycles. The monoisotopic (exact) mass is 304 g/mol. The molecule has 0 aliphatic rings. The van der Waals surface area contributed by atoms with Gasteiger partial charge in [0, 0.05) is 12.4 Å². The van der Waals surface area contributed by atoms with Gasteiger partial charge in [-0.15, -0.1) is 24.8 Å². The lowest BCUT2D eigenvalue weighted by Crippen LogP contribution is -2.37. The molecule has 2 aromatic rings. The quantitative estimate of drug-likeness (QED) is 0.901. The predicted molar refractivity (Wildman–Crippen MR) is 79.9 cm³/mol. The van der Waals surface area contributed by atoms with Crippen LogP contribution in [0.15, 0.2) is 24.5 Å². The number of nitrogens with zero attached hydrogens (tertiary/aromatic N) is 2. The second-order valence-corrected chi connectivity index (χ2v) is 4.21. The number of carbonyl (C=O) groups is 1. The van der Waals surface area contributed by atoms with Crippen LogP contribution in [0.2, 0.25) is 0 Å². The average molecular weight is 305 g/mol. The lowest BCUT2D eigenvalue weighted by molar-refractivity contribution is -0.122. The van der Waals surface area contributed by atoms with Crippen molar-refractivity contribution in [3.8, 4) is 0 Å². The molecule has 2 aromatic heterocycles. The molecule has 0 unspecified atom stereocenters. The van der Waals surface area contributed by atoms with Gasteiger partial charge >= 0.3 is 0 Å². The highest BCUT2D eigenvalue weighted by molar-refractivity contribution is 5.85. The van der Waals surface area contributed by atoms with E-state index in [1.165, 1.54) is 0 Å². The first-order chi connectivity index (χ1) is 8.06. The molecule has 106 valence electrons. The van der Waals surface area contributed by atoms with Gasteiger partial charge in [0.05, 0.1) is 18.3 Å². The Hall–Kier alpha value is -1.30. The molecule has 0 aromatic carbocycles. The van der Waals surface area contributed by atoms with Crippen LogP contribution in [0, 0.1) is 6.92 Å². The zero-order valence-corrected chi connectivity index (χ0v) is 12.4. The summed E-state index contributed by atoms with van der Waals surface area (Å²) in [6, 6.07) is 3.52. The zero-order chi connectivity index (χ0) is 12.4. The lowest BCUT2D eigenvalue weighted by Gasteiger charge is -2.04. The number of amides is 1. The fraction of sp³-hybridized carbons (Fsp3) is 0.333. The molecular weight excluding hydrogens is 287 g/mol. The van der Waals surface area contributed by atoms with Crippen molar-refractivity contribution in [2.45, 2.75) is 26.4 Å². The molecule has 2 heterocycles. The van der Waals surface area contributed by atoms with Gasteiger partial charge in [-0.2, -0.15) is 0 Å². The molecule has 1 atom stereocenters. The van der Waals surface area contributed by atoms with Crippen LogP contribution in [0.3, 0.4) is 0 Å². The minimum absolute atomic E-state index is 0. The van der Waals surface area contributed by atoms with Crippen molar-refractivity contribution in [1.82, 2.24) is 14.7 Å². The van der Waals surface area contributed by atoms with Crippen molar-refractivity contribution < 1.29 is 4.79 Å². The minimum Gasteiger partial charge on any atom is -0.349 e. The topological polar surface area (TPSA) is 72.4 Å². The Kier molecular flexibility index (Phi) is 6.83. The van der Waals surface area contributed by atoms with E-state index in [-0.39, 0.29) is 30.7 Å². The first-order valence-corrected chi connectivity index (χ1v) is 5.54. The number of nitrogens with two attached hydrogens (primary N) is 1. The summed E-state index contributed by atoms with van der Waals surface area (Å²) >= 11 is 0. The van der Waals surface area contributed by atoms with Gasteiger partial charge in [0.15, 0.2) is 0 Å². The van der Waals surface area contributed by atoms with E-state index in [0.717, 1.165) is 16.9 Å². The summed E-state index contributed by atoms with van der Waals surface area (Å²) in [5.41, 5.74) is 8.33. The smallest absolute Gasteiger partial charge is 0.236 e. The standard InChI is InChI=1S/C12H16N4O.2ClH/c1-8-3-4-16-7-10(15-11(16)5-8)6-14-12(17)9(2)13;;/h3-5,7,9H,6,13H2,1-2H3,(H,14,17);2*1H/t9-;;/m1../s1. The Morgan fingerprint density at radius 3 is 2.84 bits per heavy atom. The maximum atomic E-state index is 11.3. The normalized spacial score (nSPS) is 11.3. The van der Waals surface area contributed by atoms with E-state index >= 15 is 0 Å². The molecule has 1 amide bonds. The third-order valence-electron chi connectivity index (χ3n) is 2.52. The number of hydrogen-bond acceptors (Lipinski definition) is 3. The molecule has 0 aliphatic heterocycles. The SMILES string of the molecule is Cc1ccn2cc(CNC(=O)[C@@H](C)N)nc2c1.Cl.Cl. The first-order valence-electron chi connectivity index (χ1n) is 5.54. The lowest BCUT2D eigenvalue weighted by atomic mass is 10.3. The van der Waals surface area contributed by atoms with Crippen molar-refractivity contribution in [3.63, 3.8) is 0 Å². The Bertz CT molecular complexity index is 554. The number of aromatic nitrogens is 2. The number of nitrogens with one attached hydrogen (secondary N) is 1. The number of aryl methyl sites for hydroxylation is 1. The number of fused-ring (bicyclic) bond motifs is 1. The fourth-order valence-electron chi connectivity index (χ4n) is 1.56. The van der Waals surface area contributed by atoms with Gasteiger partial charge in [0.1, 0.15) is 5.65 Å². The van der Waals surface area contributed by atoms with Crippen LogP contribution in [-0.2, 0) is 11.3 Å². The molecule has 7 heteroatoms. The van der Waals surface area contributed by atoms with Crippen LogP contribution in [0.5, 0.6) is 0 Å². The van der Waals surface area contributed by atoms with E-state index in [9.17, 15) is 4.79 Å². The number of hydrogen-bond donors (Lipinski definition) is 2. The highest BCUT2D eigenvalue weighted by Crippen LogP contribution is 2.07. The summed E-state index contributed by atoms with van der Waals surface area (Å²) in [5.74, 6) is -0.168. The van der Waals surface area contributed by atoms with E-state index < -0.39 is 6.04 Å². The van der Waals surface area contributed by atoms with E-state index in [0.29, 0.717) is 6.54 Å². The summed E-state index contributed by atoms with van der Waals surface area (Å²) in [5, 5.41) is 2.73. The largest absolute Gasteiger partial charge is 0.349 e. The van der Waals surface area contributed by atoms with Crippen LogP contribution in [-0.4, -0.2) is 21.3 Å². The van der Waals surface area contributed by atoms with Crippen molar-refractivity contribution in [2.24, 2.45) is 5.73 Å². The first kappa shape index (κ1) is 17.7. The van der Waals surface area contributed by atoms with Crippen molar-refractivity contribution in [2.75, 3.05) is 0 Å². The van der Waals surface area contributed by atoms with Crippen LogP contribution in [0.4, 0.5) is 0 Å². The van der Waals surface area contributed by atoms with Crippen LogP contribution >= 0.6 is 24.8 Å². The molecule has 0 bridgehead atoms. The number of imidazole rings is 1. The van der Waals surface area contributed by atoms with Crippen molar-refractivity contribution >= 4 is 36.4 Å². The van der Waals surface area contributed by atoms with Gasteiger partial charge in [-0.1, -0.05) is 0 Å². The van der Waals surface area contributed by atoms with Crippen LogP contribution < -0.4 is 11.1 Å². The maximum Gasteiger partial charge on any atom is 0.236 e. The Labute approximate surface area is 124 Å². The molecule has 19 heavy (non-hydrogen) atoms. The summed E-state index contributed by atoms with van der Waals surface area (Å²) in [6.45, 7) is 4.08. The molecule has 2 rings (SSSR count). The van der Waals surface area contributed by atoms with Gasteiger partial charge in [0.2, 0.25) is 5.91 Å². The van der Waals surface area contributed by atoms with Crippen LogP contribution in [0.1, 0.15) is 18.2 Å². The van der Waals surface area contributed by atoms with E-state index in [1.807, 2.05) is 35.9 Å². The van der Waals surface area contributed by atoms with Crippen LogP contribution in [0.25, 0.3) is 5.65 Å². The molecular formula is C12H18Cl2N4O.